The van der Waals surface area contributed by atoms with Crippen molar-refractivity contribution < 1.29 is 31.1 Å². The van der Waals surface area contributed by atoms with Crippen molar-refractivity contribution in [1.29, 1.82) is 0 Å². The molecule has 1 aliphatic rings. The normalized spacial score (nSPS) is 12.7. The summed E-state index contributed by atoms with van der Waals surface area (Å²) in [7, 11) is -4.28. The molecule has 168 valence electrons. The van der Waals surface area contributed by atoms with E-state index in [4.69, 9.17) is 13.9 Å². The van der Waals surface area contributed by atoms with E-state index in [0.717, 1.165) is 17.7 Å². The Morgan fingerprint density at radius 3 is 2.64 bits per heavy atom. The average Bonchev–Trinajstić information content (AvgIpc) is 3.42. The van der Waals surface area contributed by atoms with E-state index in [0.29, 0.717) is 35.4 Å². The minimum atomic E-state index is -4.28. The minimum absolute atomic E-state index is 0.145. The van der Waals surface area contributed by atoms with Crippen molar-refractivity contribution in [2.75, 3.05) is 11.5 Å². The van der Waals surface area contributed by atoms with Gasteiger partial charge in [-0.05, 0) is 48.0 Å². The molecule has 0 aliphatic carbocycles. The van der Waals surface area contributed by atoms with Gasteiger partial charge in [-0.1, -0.05) is 12.1 Å². The fourth-order valence-electron chi connectivity index (χ4n) is 3.29. The van der Waals surface area contributed by atoms with E-state index in [1.807, 2.05) is 12.1 Å². The van der Waals surface area contributed by atoms with Crippen LogP contribution >= 0.6 is 0 Å². The van der Waals surface area contributed by atoms with Crippen molar-refractivity contribution in [2.24, 2.45) is 0 Å². The van der Waals surface area contributed by atoms with E-state index in [9.17, 15) is 17.2 Å². The molecule has 0 unspecified atom stereocenters. The van der Waals surface area contributed by atoms with Crippen LogP contribution in [0.2, 0.25) is 0 Å². The predicted octanol–water partition coefficient (Wildman–Crippen LogP) is 4.14. The number of rotatable bonds is 6. The van der Waals surface area contributed by atoms with E-state index in [-0.39, 0.29) is 18.4 Å². The Morgan fingerprint density at radius 2 is 1.79 bits per heavy atom. The number of nitrogens with zero attached hydrogens (tertiary/aromatic N) is 2. The summed E-state index contributed by atoms with van der Waals surface area (Å²) in [5.74, 6) is -0.220. The van der Waals surface area contributed by atoms with Gasteiger partial charge < -0.3 is 13.9 Å². The largest absolute Gasteiger partial charge is 0.454 e. The number of nitrogens with one attached hydrogen (secondary N) is 1. The Labute approximate surface area is 186 Å². The van der Waals surface area contributed by atoms with Crippen LogP contribution in [0.25, 0.3) is 11.5 Å². The highest BCUT2D eigenvalue weighted by molar-refractivity contribution is 7.92. The number of fused-ring (bicyclic) bond motifs is 1. The van der Waals surface area contributed by atoms with Crippen LogP contribution in [0.1, 0.15) is 11.5 Å². The Morgan fingerprint density at radius 1 is 0.939 bits per heavy atom. The molecule has 0 saturated carbocycles. The lowest BCUT2D eigenvalue weighted by Gasteiger charge is -2.09. The number of ether oxygens (including phenoxy) is 2. The number of halogens is 2. The third-order valence-corrected chi connectivity index (χ3v) is 6.22. The van der Waals surface area contributed by atoms with Crippen LogP contribution in [-0.4, -0.2) is 25.4 Å². The van der Waals surface area contributed by atoms with Gasteiger partial charge in [-0.2, -0.15) is 0 Å². The lowest BCUT2D eigenvalue weighted by molar-refractivity contribution is 0.174. The molecule has 2 heterocycles. The summed E-state index contributed by atoms with van der Waals surface area (Å²) in [6.07, 6.45) is 0.361. The molecule has 5 rings (SSSR count). The quantitative estimate of drug-likeness (QED) is 0.451. The third-order valence-electron chi connectivity index (χ3n) is 4.80. The number of anilines is 1. The SMILES string of the molecule is O=S(=O)(Nc1cccc(-c2nnc(Cc3ccc4c(c3)OCO4)o2)c1)c1ccc(F)cc1F. The third kappa shape index (κ3) is 4.35. The number of benzene rings is 3. The number of aromatic nitrogens is 2. The monoisotopic (exact) mass is 471 g/mol. The lowest BCUT2D eigenvalue weighted by atomic mass is 10.1. The summed E-state index contributed by atoms with van der Waals surface area (Å²) >= 11 is 0. The standard InChI is InChI=1S/C22H15F2N3O5S/c23-15-5-7-20(17(24)11-15)33(28,29)27-16-3-1-2-14(10-16)22-26-25-21(32-22)9-13-4-6-18-19(8-13)31-12-30-18/h1-8,10-11,27H,9,12H2. The lowest BCUT2D eigenvalue weighted by Crippen LogP contribution is -2.14. The van der Waals surface area contributed by atoms with Gasteiger partial charge in [0.2, 0.25) is 18.6 Å². The highest BCUT2D eigenvalue weighted by Crippen LogP contribution is 2.33. The molecular weight excluding hydrogens is 456 g/mol. The summed E-state index contributed by atoms with van der Waals surface area (Å²) in [6, 6.07) is 13.9. The van der Waals surface area contributed by atoms with Crippen LogP contribution in [0.4, 0.5) is 14.5 Å². The summed E-state index contributed by atoms with van der Waals surface area (Å²) in [6.45, 7) is 0.178. The molecular formula is C22H15F2N3O5S. The second kappa shape index (κ2) is 8.17. The smallest absolute Gasteiger partial charge is 0.264 e. The fraction of sp³-hybridized carbons (Fsp3) is 0.0909. The molecule has 4 aromatic rings. The topological polar surface area (TPSA) is 104 Å². The van der Waals surface area contributed by atoms with Gasteiger partial charge in [-0.15, -0.1) is 10.2 Å². The first-order chi connectivity index (χ1) is 15.9. The molecule has 11 heteroatoms. The van der Waals surface area contributed by atoms with Crippen molar-refractivity contribution >= 4 is 15.7 Å². The maximum atomic E-state index is 13.9. The first-order valence-corrected chi connectivity index (χ1v) is 11.1. The van der Waals surface area contributed by atoms with Crippen LogP contribution in [0.3, 0.4) is 0 Å². The van der Waals surface area contributed by atoms with E-state index in [1.54, 1.807) is 18.2 Å². The van der Waals surface area contributed by atoms with Crippen LogP contribution in [0, 0.1) is 11.6 Å². The van der Waals surface area contributed by atoms with Crippen LogP contribution < -0.4 is 14.2 Å². The molecule has 0 bridgehead atoms. The minimum Gasteiger partial charge on any atom is -0.454 e. The second-order valence-electron chi connectivity index (χ2n) is 7.13. The van der Waals surface area contributed by atoms with Gasteiger partial charge in [0.05, 0.1) is 6.42 Å². The number of hydrogen-bond acceptors (Lipinski definition) is 7. The maximum Gasteiger partial charge on any atom is 0.264 e. The average molecular weight is 471 g/mol. The molecule has 1 aromatic heterocycles. The molecule has 1 N–H and O–H groups in total. The van der Waals surface area contributed by atoms with Crippen LogP contribution in [0.5, 0.6) is 11.5 Å². The summed E-state index contributed by atoms with van der Waals surface area (Å²) in [4.78, 5) is -0.668. The van der Waals surface area contributed by atoms with Crippen molar-refractivity contribution in [3.05, 3.63) is 83.8 Å². The molecule has 0 fully saturated rings. The van der Waals surface area contributed by atoms with Gasteiger partial charge in [0.1, 0.15) is 16.5 Å². The van der Waals surface area contributed by atoms with Crippen LogP contribution in [0.15, 0.2) is 70.0 Å². The highest BCUT2D eigenvalue weighted by atomic mass is 32.2. The maximum absolute atomic E-state index is 13.9. The van der Waals surface area contributed by atoms with Gasteiger partial charge in [0.15, 0.2) is 11.5 Å². The van der Waals surface area contributed by atoms with E-state index in [2.05, 4.69) is 14.9 Å². The van der Waals surface area contributed by atoms with E-state index in [1.165, 1.54) is 12.1 Å². The zero-order chi connectivity index (χ0) is 23.0. The van der Waals surface area contributed by atoms with Gasteiger partial charge >= 0.3 is 0 Å². The molecule has 33 heavy (non-hydrogen) atoms. The zero-order valence-electron chi connectivity index (χ0n) is 16.8. The Bertz CT molecular complexity index is 1460. The molecule has 1 aliphatic heterocycles. The molecule has 3 aromatic carbocycles. The highest BCUT2D eigenvalue weighted by Gasteiger charge is 2.20. The molecule has 0 spiro atoms. The van der Waals surface area contributed by atoms with Crippen molar-refractivity contribution in [2.45, 2.75) is 11.3 Å². The van der Waals surface area contributed by atoms with Gasteiger partial charge in [0.25, 0.3) is 10.0 Å². The first-order valence-electron chi connectivity index (χ1n) is 9.67. The molecule has 0 radical (unpaired) electrons. The number of sulfonamides is 1. The van der Waals surface area contributed by atoms with Gasteiger partial charge in [-0.3, -0.25) is 4.72 Å². The molecule has 0 saturated heterocycles. The second-order valence-corrected chi connectivity index (χ2v) is 8.78. The van der Waals surface area contributed by atoms with E-state index >= 15 is 0 Å². The van der Waals surface area contributed by atoms with Crippen molar-refractivity contribution in [3.8, 4) is 23.0 Å². The van der Waals surface area contributed by atoms with Crippen molar-refractivity contribution in [1.82, 2.24) is 10.2 Å². The van der Waals surface area contributed by atoms with Crippen LogP contribution in [-0.2, 0) is 16.4 Å². The molecule has 8 nitrogen and oxygen atoms in total. The van der Waals surface area contributed by atoms with Gasteiger partial charge in [0, 0.05) is 17.3 Å². The number of hydrogen-bond donors (Lipinski definition) is 1. The predicted molar refractivity (Wildman–Crippen MR) is 112 cm³/mol. The zero-order valence-corrected chi connectivity index (χ0v) is 17.6. The molecule has 0 atom stereocenters. The van der Waals surface area contributed by atoms with Gasteiger partial charge in [-0.25, -0.2) is 17.2 Å². The summed E-state index contributed by atoms with van der Waals surface area (Å²) in [5.41, 5.74) is 1.49. The molecule has 0 amide bonds. The summed E-state index contributed by atoms with van der Waals surface area (Å²) < 4.78 is 70.7. The van der Waals surface area contributed by atoms with Crippen molar-refractivity contribution in [3.63, 3.8) is 0 Å². The Balaban J connectivity index is 1.35. The first kappa shape index (κ1) is 20.9. The Hall–Kier alpha value is -3.99. The Kier molecular flexibility index (Phi) is 5.17. The summed E-state index contributed by atoms with van der Waals surface area (Å²) in [5, 5.41) is 8.06. The fourth-order valence-corrected chi connectivity index (χ4v) is 4.40. The van der Waals surface area contributed by atoms with E-state index < -0.39 is 26.6 Å².